The number of ether oxygens (including phenoxy) is 1. The lowest BCUT2D eigenvalue weighted by Crippen LogP contribution is -2.33. The molecule has 0 unspecified atom stereocenters. The normalized spacial score (nSPS) is 27.2. The van der Waals surface area contributed by atoms with E-state index in [-0.39, 0.29) is 18.6 Å². The van der Waals surface area contributed by atoms with Crippen molar-refractivity contribution in [3.8, 4) is 0 Å². The fourth-order valence-electron chi connectivity index (χ4n) is 1.95. The Hall–Kier alpha value is -1.22. The minimum atomic E-state index is -0.844. The molecule has 0 saturated carbocycles. The third-order valence-corrected chi connectivity index (χ3v) is 3.20. The van der Waals surface area contributed by atoms with Crippen molar-refractivity contribution in [2.45, 2.75) is 24.9 Å². The molecule has 7 nitrogen and oxygen atoms in total. The van der Waals surface area contributed by atoms with Gasteiger partial charge in [0, 0.05) is 12.6 Å². The highest BCUT2D eigenvalue weighted by molar-refractivity contribution is 9.11. The molecule has 0 radical (unpaired) electrons. The Morgan fingerprint density at radius 1 is 1.58 bits per heavy atom. The summed E-state index contributed by atoms with van der Waals surface area (Å²) in [6.45, 7) is -0.329. The number of aromatic amines is 1. The van der Waals surface area contributed by atoms with Crippen molar-refractivity contribution >= 4 is 22.0 Å². The van der Waals surface area contributed by atoms with Gasteiger partial charge in [0.2, 0.25) is 0 Å². The summed E-state index contributed by atoms with van der Waals surface area (Å²) in [4.78, 5) is 26.9. The number of rotatable bonds is 3. The predicted octanol–water partition coefficient (Wildman–Crippen LogP) is -0.457. The summed E-state index contributed by atoms with van der Waals surface area (Å²) in [6, 6.07) is 0. The molecule has 3 N–H and O–H groups in total. The highest BCUT2D eigenvalue weighted by Gasteiger charge is 2.35. The van der Waals surface area contributed by atoms with Crippen molar-refractivity contribution in [1.29, 1.82) is 0 Å². The molecule has 19 heavy (non-hydrogen) atoms. The van der Waals surface area contributed by atoms with Crippen molar-refractivity contribution in [3.05, 3.63) is 37.6 Å². The first-order valence-electron chi connectivity index (χ1n) is 5.63. The Morgan fingerprint density at radius 2 is 2.32 bits per heavy atom. The first-order chi connectivity index (χ1) is 9.06. The zero-order valence-electron chi connectivity index (χ0n) is 9.82. The molecule has 2 rings (SSSR count). The molecular formula is C11H13BrN2O5. The second kappa shape index (κ2) is 5.83. The summed E-state index contributed by atoms with van der Waals surface area (Å²) < 4.78 is 6.56. The Morgan fingerprint density at radius 3 is 2.89 bits per heavy atom. The zero-order chi connectivity index (χ0) is 14.0. The fraction of sp³-hybridized carbons (Fsp3) is 0.455. The molecule has 0 bridgehead atoms. The van der Waals surface area contributed by atoms with Gasteiger partial charge >= 0.3 is 5.69 Å². The summed E-state index contributed by atoms with van der Waals surface area (Å²) in [5.74, 6) is 0. The standard InChI is InChI=1S/C11H13BrN2O5/c12-2-1-6-4-14(11(18)13-10(6)17)9-3-7(16)8(5-15)19-9/h1-2,4,7-9,15-16H,3,5H2,(H,13,17,18)/b2-1+/t7-,8-,9+/m1/s1. The van der Waals surface area contributed by atoms with E-state index in [4.69, 9.17) is 9.84 Å². The van der Waals surface area contributed by atoms with E-state index in [2.05, 4.69) is 20.9 Å². The van der Waals surface area contributed by atoms with Gasteiger partial charge in [-0.3, -0.25) is 14.3 Å². The van der Waals surface area contributed by atoms with Crippen LogP contribution in [0.1, 0.15) is 18.2 Å². The van der Waals surface area contributed by atoms with Gasteiger partial charge in [0.25, 0.3) is 5.56 Å². The van der Waals surface area contributed by atoms with E-state index < -0.39 is 29.7 Å². The van der Waals surface area contributed by atoms with Crippen LogP contribution in [0, 0.1) is 0 Å². The van der Waals surface area contributed by atoms with Crippen LogP contribution in [0.3, 0.4) is 0 Å². The zero-order valence-corrected chi connectivity index (χ0v) is 11.4. The van der Waals surface area contributed by atoms with Crippen LogP contribution in [0.25, 0.3) is 6.08 Å². The Kier molecular flexibility index (Phi) is 4.35. The highest BCUT2D eigenvalue weighted by atomic mass is 79.9. The number of nitrogens with one attached hydrogen (secondary N) is 1. The topological polar surface area (TPSA) is 105 Å². The van der Waals surface area contributed by atoms with Crippen molar-refractivity contribution in [1.82, 2.24) is 9.55 Å². The first kappa shape index (κ1) is 14.2. The van der Waals surface area contributed by atoms with Gasteiger partial charge in [-0.05, 0) is 11.1 Å². The average Bonchev–Trinajstić information content (AvgIpc) is 2.74. The van der Waals surface area contributed by atoms with Gasteiger partial charge in [-0.1, -0.05) is 15.9 Å². The molecule has 104 valence electrons. The lowest BCUT2D eigenvalue weighted by molar-refractivity contribution is -0.0459. The van der Waals surface area contributed by atoms with Crippen molar-refractivity contribution in [3.63, 3.8) is 0 Å². The smallest absolute Gasteiger partial charge is 0.330 e. The maximum atomic E-state index is 11.7. The average molecular weight is 333 g/mol. The van der Waals surface area contributed by atoms with Gasteiger partial charge in [0.05, 0.1) is 18.3 Å². The summed E-state index contributed by atoms with van der Waals surface area (Å²) in [6.07, 6.45) is 0.746. The quantitative estimate of drug-likeness (QED) is 0.695. The van der Waals surface area contributed by atoms with Gasteiger partial charge in [-0.15, -0.1) is 0 Å². The summed E-state index contributed by atoms with van der Waals surface area (Å²) in [5, 5.41) is 18.7. The Labute approximate surface area is 116 Å². The Bertz CT molecular complexity index is 593. The van der Waals surface area contributed by atoms with Crippen LogP contribution in [0.15, 0.2) is 20.8 Å². The lowest BCUT2D eigenvalue weighted by Gasteiger charge is -2.14. The van der Waals surface area contributed by atoms with E-state index in [0.29, 0.717) is 0 Å². The fourth-order valence-corrected chi connectivity index (χ4v) is 2.24. The van der Waals surface area contributed by atoms with E-state index in [9.17, 15) is 14.7 Å². The largest absolute Gasteiger partial charge is 0.394 e. The molecule has 1 aliphatic rings. The van der Waals surface area contributed by atoms with Gasteiger partial charge in [-0.2, -0.15) is 0 Å². The van der Waals surface area contributed by atoms with Gasteiger partial charge in [0.1, 0.15) is 12.3 Å². The van der Waals surface area contributed by atoms with Crippen LogP contribution in [0.4, 0.5) is 0 Å². The van der Waals surface area contributed by atoms with E-state index in [1.165, 1.54) is 21.8 Å². The van der Waals surface area contributed by atoms with Crippen molar-refractivity contribution < 1.29 is 14.9 Å². The number of hydrogen-bond donors (Lipinski definition) is 3. The number of aliphatic hydroxyl groups excluding tert-OH is 2. The molecule has 1 aromatic rings. The van der Waals surface area contributed by atoms with E-state index in [0.717, 1.165) is 0 Å². The molecule has 0 aromatic carbocycles. The lowest BCUT2D eigenvalue weighted by atomic mass is 10.2. The van der Waals surface area contributed by atoms with Crippen LogP contribution in [-0.2, 0) is 4.74 Å². The molecule has 0 aliphatic carbocycles. The first-order valence-corrected chi connectivity index (χ1v) is 6.55. The van der Waals surface area contributed by atoms with E-state index in [1.807, 2.05) is 0 Å². The second-order valence-electron chi connectivity index (χ2n) is 4.16. The molecule has 1 aliphatic heterocycles. The molecule has 1 saturated heterocycles. The van der Waals surface area contributed by atoms with E-state index >= 15 is 0 Å². The molecule has 2 heterocycles. The SMILES string of the molecule is O=c1[nH]c(=O)n([C@@H]2C[C@@H](O)[C@@H](CO)O2)cc1/C=C/Br. The third kappa shape index (κ3) is 2.86. The molecular weight excluding hydrogens is 320 g/mol. The van der Waals surface area contributed by atoms with Crippen LogP contribution in [0.5, 0.6) is 0 Å². The number of halogens is 1. The highest BCUT2D eigenvalue weighted by Crippen LogP contribution is 2.27. The van der Waals surface area contributed by atoms with Crippen molar-refractivity contribution in [2.75, 3.05) is 6.61 Å². The number of hydrogen-bond acceptors (Lipinski definition) is 5. The van der Waals surface area contributed by atoms with Gasteiger partial charge < -0.3 is 14.9 Å². The van der Waals surface area contributed by atoms with Crippen LogP contribution in [0.2, 0.25) is 0 Å². The van der Waals surface area contributed by atoms with Crippen LogP contribution >= 0.6 is 15.9 Å². The summed E-state index contributed by atoms with van der Waals surface area (Å²) >= 11 is 3.05. The van der Waals surface area contributed by atoms with Gasteiger partial charge in [0.15, 0.2) is 0 Å². The summed E-state index contributed by atoms with van der Waals surface area (Å²) in [5.41, 5.74) is -0.844. The van der Waals surface area contributed by atoms with Crippen molar-refractivity contribution in [2.24, 2.45) is 0 Å². The number of H-pyrrole nitrogens is 1. The second-order valence-corrected chi connectivity index (χ2v) is 4.69. The van der Waals surface area contributed by atoms with Crippen LogP contribution < -0.4 is 11.2 Å². The maximum absolute atomic E-state index is 11.7. The minimum absolute atomic E-state index is 0.175. The maximum Gasteiger partial charge on any atom is 0.330 e. The van der Waals surface area contributed by atoms with E-state index in [1.54, 1.807) is 0 Å². The molecule has 0 spiro atoms. The third-order valence-electron chi connectivity index (χ3n) is 2.93. The molecule has 3 atom stereocenters. The predicted molar refractivity (Wildman–Crippen MR) is 70.9 cm³/mol. The van der Waals surface area contributed by atoms with Crippen LogP contribution in [-0.4, -0.2) is 38.6 Å². The molecule has 1 aromatic heterocycles. The minimum Gasteiger partial charge on any atom is -0.394 e. The number of nitrogens with zero attached hydrogens (tertiary/aromatic N) is 1. The summed E-state index contributed by atoms with van der Waals surface area (Å²) in [7, 11) is 0. The number of aliphatic hydroxyl groups is 2. The van der Waals surface area contributed by atoms with Gasteiger partial charge in [-0.25, -0.2) is 4.79 Å². The molecule has 8 heteroatoms. The number of aromatic nitrogens is 2. The molecule has 1 fully saturated rings. The Balaban J connectivity index is 2.38. The molecule has 0 amide bonds. The monoisotopic (exact) mass is 332 g/mol.